The third-order valence-electron chi connectivity index (χ3n) is 2.78. The molecule has 0 aliphatic carbocycles. The van der Waals surface area contributed by atoms with Crippen molar-refractivity contribution in [1.82, 2.24) is 10.2 Å². The number of hydrogen-bond acceptors (Lipinski definition) is 3. The first-order chi connectivity index (χ1) is 9.79. The fourth-order valence-corrected chi connectivity index (χ4v) is 1.82. The van der Waals surface area contributed by atoms with Crippen LogP contribution in [0, 0.1) is 0 Å². The van der Waals surface area contributed by atoms with Gasteiger partial charge in [0.15, 0.2) is 0 Å². The summed E-state index contributed by atoms with van der Waals surface area (Å²) < 4.78 is 5.30. The van der Waals surface area contributed by atoms with Crippen LogP contribution in [-0.4, -0.2) is 29.3 Å². The summed E-state index contributed by atoms with van der Waals surface area (Å²) in [6.45, 7) is 3.20. The third-order valence-corrected chi connectivity index (χ3v) is 2.78. The number of nitrogens with zero attached hydrogens (tertiary/aromatic N) is 1. The van der Waals surface area contributed by atoms with E-state index in [-0.39, 0.29) is 5.91 Å². The predicted octanol–water partition coefficient (Wildman–Crippen LogP) is 2.83. The van der Waals surface area contributed by atoms with Crippen molar-refractivity contribution in [3.63, 3.8) is 0 Å². The van der Waals surface area contributed by atoms with Crippen molar-refractivity contribution in [2.24, 2.45) is 0 Å². The predicted molar refractivity (Wildman–Crippen MR) is 78.4 cm³/mol. The minimum Gasteiger partial charge on any atom is -0.381 e. The Morgan fingerprint density at radius 1 is 1.35 bits per heavy atom. The van der Waals surface area contributed by atoms with E-state index in [4.69, 9.17) is 4.74 Å². The first kappa shape index (κ1) is 14.3. The summed E-state index contributed by atoms with van der Waals surface area (Å²) in [4.78, 5) is 11.8. The molecule has 0 radical (unpaired) electrons. The van der Waals surface area contributed by atoms with Crippen molar-refractivity contribution in [2.75, 3.05) is 18.5 Å². The Morgan fingerprint density at radius 3 is 3.00 bits per heavy atom. The highest BCUT2D eigenvalue weighted by Crippen LogP contribution is 2.20. The molecule has 0 bridgehead atoms. The van der Waals surface area contributed by atoms with E-state index in [1.807, 2.05) is 37.3 Å². The molecule has 2 N–H and O–H groups in total. The summed E-state index contributed by atoms with van der Waals surface area (Å²) >= 11 is 0. The van der Waals surface area contributed by atoms with Gasteiger partial charge in [0.25, 0.3) is 0 Å². The van der Waals surface area contributed by atoms with Gasteiger partial charge in [-0.05, 0) is 24.6 Å². The average molecular weight is 273 g/mol. The van der Waals surface area contributed by atoms with Gasteiger partial charge in [-0.2, -0.15) is 5.10 Å². The SMILES string of the molecule is CCCOCCC(=O)Nc1cccc(-c2ccn[nH]2)c1. The minimum absolute atomic E-state index is 0.0390. The maximum Gasteiger partial charge on any atom is 0.226 e. The van der Waals surface area contributed by atoms with E-state index in [2.05, 4.69) is 15.5 Å². The van der Waals surface area contributed by atoms with Gasteiger partial charge in [-0.1, -0.05) is 19.1 Å². The van der Waals surface area contributed by atoms with E-state index in [1.54, 1.807) is 6.20 Å². The number of aromatic nitrogens is 2. The summed E-state index contributed by atoms with van der Waals surface area (Å²) in [5.41, 5.74) is 2.69. The van der Waals surface area contributed by atoms with Crippen LogP contribution in [0.3, 0.4) is 0 Å². The van der Waals surface area contributed by atoms with Crippen molar-refractivity contribution in [3.8, 4) is 11.3 Å². The molecule has 1 amide bonds. The van der Waals surface area contributed by atoms with Crippen LogP contribution in [0.1, 0.15) is 19.8 Å². The summed E-state index contributed by atoms with van der Waals surface area (Å²) in [6.07, 6.45) is 3.04. The fourth-order valence-electron chi connectivity index (χ4n) is 1.82. The van der Waals surface area contributed by atoms with Crippen molar-refractivity contribution in [3.05, 3.63) is 36.5 Å². The minimum atomic E-state index is -0.0390. The lowest BCUT2D eigenvalue weighted by atomic mass is 10.1. The van der Waals surface area contributed by atoms with Crippen LogP contribution in [0.2, 0.25) is 0 Å². The van der Waals surface area contributed by atoms with E-state index in [0.717, 1.165) is 23.4 Å². The Kier molecular flexibility index (Phi) is 5.32. The highest BCUT2D eigenvalue weighted by Gasteiger charge is 2.04. The molecule has 1 heterocycles. The van der Waals surface area contributed by atoms with Gasteiger partial charge in [0.05, 0.1) is 18.7 Å². The van der Waals surface area contributed by atoms with Crippen LogP contribution in [0.25, 0.3) is 11.3 Å². The van der Waals surface area contributed by atoms with Crippen LogP contribution in [-0.2, 0) is 9.53 Å². The smallest absolute Gasteiger partial charge is 0.226 e. The quantitative estimate of drug-likeness (QED) is 0.762. The second-order valence-corrected chi connectivity index (χ2v) is 4.46. The van der Waals surface area contributed by atoms with Gasteiger partial charge in [0.1, 0.15) is 0 Å². The third kappa shape index (κ3) is 4.20. The number of hydrogen-bond donors (Lipinski definition) is 2. The molecular formula is C15H19N3O2. The second-order valence-electron chi connectivity index (χ2n) is 4.46. The monoisotopic (exact) mass is 273 g/mol. The Balaban J connectivity index is 1.90. The van der Waals surface area contributed by atoms with E-state index < -0.39 is 0 Å². The van der Waals surface area contributed by atoms with Gasteiger partial charge >= 0.3 is 0 Å². The molecule has 0 aliphatic heterocycles. The van der Waals surface area contributed by atoms with Gasteiger partial charge in [-0.15, -0.1) is 0 Å². The van der Waals surface area contributed by atoms with Crippen LogP contribution < -0.4 is 5.32 Å². The van der Waals surface area contributed by atoms with E-state index >= 15 is 0 Å². The number of amides is 1. The van der Waals surface area contributed by atoms with Gasteiger partial charge < -0.3 is 10.1 Å². The molecule has 5 nitrogen and oxygen atoms in total. The lowest BCUT2D eigenvalue weighted by Crippen LogP contribution is -2.14. The Labute approximate surface area is 118 Å². The normalized spacial score (nSPS) is 10.4. The van der Waals surface area contributed by atoms with Gasteiger partial charge in [0, 0.05) is 24.1 Å². The van der Waals surface area contributed by atoms with E-state index in [9.17, 15) is 4.79 Å². The lowest BCUT2D eigenvalue weighted by molar-refractivity contribution is -0.117. The first-order valence-electron chi connectivity index (χ1n) is 6.77. The molecule has 2 rings (SSSR count). The molecule has 106 valence electrons. The van der Waals surface area contributed by atoms with Crippen molar-refractivity contribution >= 4 is 11.6 Å². The Hall–Kier alpha value is -2.14. The zero-order valence-electron chi connectivity index (χ0n) is 11.6. The average Bonchev–Trinajstić information content (AvgIpc) is 2.98. The number of ether oxygens (including phenoxy) is 1. The van der Waals surface area contributed by atoms with Gasteiger partial charge in [0.2, 0.25) is 5.91 Å². The van der Waals surface area contributed by atoms with E-state index in [1.165, 1.54) is 0 Å². The number of anilines is 1. The molecule has 0 saturated carbocycles. The molecule has 0 saturated heterocycles. The van der Waals surface area contributed by atoms with E-state index in [0.29, 0.717) is 19.6 Å². The lowest BCUT2D eigenvalue weighted by Gasteiger charge is -2.07. The topological polar surface area (TPSA) is 67.0 Å². The first-order valence-corrected chi connectivity index (χ1v) is 6.77. The number of aromatic amines is 1. The number of carbonyl (C=O) groups is 1. The highest BCUT2D eigenvalue weighted by atomic mass is 16.5. The van der Waals surface area contributed by atoms with Crippen LogP contribution in [0.15, 0.2) is 36.5 Å². The summed E-state index contributed by atoms with van der Waals surface area (Å²) in [5.74, 6) is -0.0390. The maximum absolute atomic E-state index is 11.8. The van der Waals surface area contributed by atoms with Gasteiger partial charge in [-0.25, -0.2) is 0 Å². The second kappa shape index (κ2) is 7.45. The Morgan fingerprint density at radius 2 is 2.25 bits per heavy atom. The van der Waals surface area contributed by atoms with Crippen LogP contribution in [0.4, 0.5) is 5.69 Å². The largest absolute Gasteiger partial charge is 0.381 e. The molecule has 0 unspecified atom stereocenters. The number of nitrogens with one attached hydrogen (secondary N) is 2. The summed E-state index contributed by atoms with van der Waals surface area (Å²) in [5, 5.41) is 9.69. The molecular weight excluding hydrogens is 254 g/mol. The summed E-state index contributed by atoms with van der Waals surface area (Å²) in [7, 11) is 0. The van der Waals surface area contributed by atoms with Gasteiger partial charge in [-0.3, -0.25) is 9.89 Å². The molecule has 1 aromatic carbocycles. The number of benzene rings is 1. The maximum atomic E-state index is 11.8. The summed E-state index contributed by atoms with van der Waals surface area (Å²) in [6, 6.07) is 9.54. The molecule has 2 aromatic rings. The van der Waals surface area contributed by atoms with Crippen LogP contribution >= 0.6 is 0 Å². The molecule has 0 aliphatic rings. The molecule has 20 heavy (non-hydrogen) atoms. The number of carbonyl (C=O) groups excluding carboxylic acids is 1. The molecule has 0 spiro atoms. The molecule has 1 aromatic heterocycles. The highest BCUT2D eigenvalue weighted by molar-refractivity contribution is 5.91. The molecule has 0 fully saturated rings. The standard InChI is InChI=1S/C15H19N3O2/c1-2-9-20-10-7-15(19)17-13-5-3-4-12(11-13)14-6-8-16-18-14/h3-6,8,11H,2,7,9-10H2,1H3,(H,16,18)(H,17,19). The van der Waals surface area contributed by atoms with Crippen molar-refractivity contribution in [2.45, 2.75) is 19.8 Å². The molecule has 0 atom stereocenters. The van der Waals surface area contributed by atoms with Crippen molar-refractivity contribution < 1.29 is 9.53 Å². The van der Waals surface area contributed by atoms with Crippen LogP contribution in [0.5, 0.6) is 0 Å². The number of H-pyrrole nitrogens is 1. The number of rotatable bonds is 7. The zero-order chi connectivity index (χ0) is 14.2. The zero-order valence-corrected chi connectivity index (χ0v) is 11.6. The Bertz CT molecular complexity index is 538. The van der Waals surface area contributed by atoms with Crippen molar-refractivity contribution in [1.29, 1.82) is 0 Å². The molecule has 5 heteroatoms. The fraction of sp³-hybridized carbons (Fsp3) is 0.333.